The first-order chi connectivity index (χ1) is 10.2. The highest BCUT2D eigenvalue weighted by Gasteiger charge is 2.41. The van der Waals surface area contributed by atoms with Gasteiger partial charge in [-0.3, -0.25) is 0 Å². The van der Waals surface area contributed by atoms with E-state index in [-0.39, 0.29) is 11.6 Å². The lowest BCUT2D eigenvalue weighted by Crippen LogP contribution is -2.50. The maximum absolute atomic E-state index is 6.24. The van der Waals surface area contributed by atoms with Crippen molar-refractivity contribution in [1.82, 2.24) is 5.32 Å². The van der Waals surface area contributed by atoms with Crippen LogP contribution in [0.5, 0.6) is 0 Å². The lowest BCUT2D eigenvalue weighted by Gasteiger charge is -2.43. The second kappa shape index (κ2) is 8.14. The molecule has 3 nitrogen and oxygen atoms in total. The molecule has 21 heavy (non-hydrogen) atoms. The van der Waals surface area contributed by atoms with Gasteiger partial charge in [-0.1, -0.05) is 30.7 Å². The predicted molar refractivity (Wildman–Crippen MR) is 86.9 cm³/mol. The molecular formula is C17H26ClNO2. The summed E-state index contributed by atoms with van der Waals surface area (Å²) >= 11 is 6.03. The van der Waals surface area contributed by atoms with E-state index in [0.717, 1.165) is 50.7 Å². The zero-order chi connectivity index (χ0) is 15.1. The summed E-state index contributed by atoms with van der Waals surface area (Å²) in [5.74, 6) is 0. The van der Waals surface area contributed by atoms with Gasteiger partial charge in [-0.25, -0.2) is 0 Å². The van der Waals surface area contributed by atoms with Crippen LogP contribution >= 0.6 is 11.6 Å². The molecule has 1 aromatic carbocycles. The molecule has 0 aromatic heterocycles. The van der Waals surface area contributed by atoms with E-state index in [1.807, 2.05) is 12.1 Å². The molecule has 1 atom stereocenters. The van der Waals surface area contributed by atoms with Gasteiger partial charge in [0.05, 0.1) is 11.6 Å². The van der Waals surface area contributed by atoms with Crippen molar-refractivity contribution in [2.24, 2.45) is 0 Å². The van der Waals surface area contributed by atoms with Crippen molar-refractivity contribution in [2.75, 3.05) is 26.4 Å². The molecular weight excluding hydrogens is 286 g/mol. The summed E-state index contributed by atoms with van der Waals surface area (Å²) in [5.41, 5.74) is 1.05. The van der Waals surface area contributed by atoms with Gasteiger partial charge < -0.3 is 14.8 Å². The lowest BCUT2D eigenvalue weighted by atomic mass is 9.82. The van der Waals surface area contributed by atoms with Crippen LogP contribution in [0.4, 0.5) is 0 Å². The van der Waals surface area contributed by atoms with Gasteiger partial charge in [0, 0.05) is 37.7 Å². The molecule has 0 spiro atoms. The Labute approximate surface area is 133 Å². The Morgan fingerprint density at radius 2 is 1.90 bits per heavy atom. The van der Waals surface area contributed by atoms with Crippen LogP contribution < -0.4 is 5.32 Å². The molecule has 0 aliphatic carbocycles. The van der Waals surface area contributed by atoms with Crippen LogP contribution in [0.15, 0.2) is 24.3 Å². The van der Waals surface area contributed by atoms with Crippen LogP contribution in [0.2, 0.25) is 5.02 Å². The minimum Gasteiger partial charge on any atom is -0.381 e. The number of nitrogens with one attached hydrogen (secondary N) is 1. The van der Waals surface area contributed by atoms with E-state index in [0.29, 0.717) is 0 Å². The summed E-state index contributed by atoms with van der Waals surface area (Å²) in [5, 5.41) is 4.45. The van der Waals surface area contributed by atoms with E-state index in [4.69, 9.17) is 21.1 Å². The van der Waals surface area contributed by atoms with Crippen LogP contribution in [0.3, 0.4) is 0 Å². The molecule has 1 N–H and O–H groups in total. The third-order valence-corrected chi connectivity index (χ3v) is 4.35. The Morgan fingerprint density at radius 3 is 2.48 bits per heavy atom. The third-order valence-electron chi connectivity index (χ3n) is 4.10. The Morgan fingerprint density at radius 1 is 1.24 bits per heavy atom. The molecule has 1 heterocycles. The maximum atomic E-state index is 6.24. The smallest absolute Gasteiger partial charge is 0.0919 e. The monoisotopic (exact) mass is 311 g/mol. The summed E-state index contributed by atoms with van der Waals surface area (Å²) < 4.78 is 11.8. The van der Waals surface area contributed by atoms with Crippen molar-refractivity contribution in [1.29, 1.82) is 0 Å². The second-order valence-corrected chi connectivity index (χ2v) is 5.99. The number of halogens is 1. The fraction of sp³-hybridized carbons (Fsp3) is 0.647. The van der Waals surface area contributed by atoms with Crippen LogP contribution in [0.25, 0.3) is 0 Å². The van der Waals surface area contributed by atoms with Crippen molar-refractivity contribution >= 4 is 11.6 Å². The molecule has 118 valence electrons. The van der Waals surface area contributed by atoms with Crippen LogP contribution in [-0.4, -0.2) is 32.0 Å². The lowest BCUT2D eigenvalue weighted by molar-refractivity contribution is -0.128. The number of hydrogen-bond acceptors (Lipinski definition) is 3. The summed E-state index contributed by atoms with van der Waals surface area (Å²) in [7, 11) is 0. The van der Waals surface area contributed by atoms with Crippen LogP contribution in [0, 0.1) is 0 Å². The SMILES string of the molecule is CCCNC(c1ccc(Cl)cc1)C1(OCC)CCOCC1. The Hall–Kier alpha value is -0.610. The molecule has 1 aromatic rings. The molecule has 2 rings (SSSR count). The molecule has 1 aliphatic rings. The van der Waals surface area contributed by atoms with Crippen LogP contribution in [0.1, 0.15) is 44.7 Å². The average molecular weight is 312 g/mol. The molecule has 0 saturated carbocycles. The average Bonchev–Trinajstić information content (AvgIpc) is 2.50. The Kier molecular flexibility index (Phi) is 6.49. The maximum Gasteiger partial charge on any atom is 0.0919 e. The van der Waals surface area contributed by atoms with Crippen molar-refractivity contribution in [3.63, 3.8) is 0 Å². The predicted octanol–water partition coefficient (Wildman–Crippen LogP) is 3.97. The summed E-state index contributed by atoms with van der Waals surface area (Å²) in [6.45, 7) is 7.47. The highest BCUT2D eigenvalue weighted by atomic mass is 35.5. The quantitative estimate of drug-likeness (QED) is 0.826. The van der Waals surface area contributed by atoms with Gasteiger partial charge in [-0.15, -0.1) is 0 Å². The minimum absolute atomic E-state index is 0.179. The van der Waals surface area contributed by atoms with E-state index in [1.165, 1.54) is 5.56 Å². The molecule has 4 heteroatoms. The second-order valence-electron chi connectivity index (χ2n) is 5.55. The Balaban J connectivity index is 2.29. The fourth-order valence-corrected chi connectivity index (χ4v) is 3.20. The molecule has 1 aliphatic heterocycles. The van der Waals surface area contributed by atoms with Gasteiger partial charge in [0.1, 0.15) is 0 Å². The highest BCUT2D eigenvalue weighted by Crippen LogP contribution is 2.38. The van der Waals surface area contributed by atoms with Gasteiger partial charge in [0.15, 0.2) is 0 Å². The molecule has 0 radical (unpaired) electrons. The van der Waals surface area contributed by atoms with Crippen molar-refractivity contribution < 1.29 is 9.47 Å². The first-order valence-electron chi connectivity index (χ1n) is 7.92. The normalized spacial score (nSPS) is 19.4. The van der Waals surface area contributed by atoms with E-state index < -0.39 is 0 Å². The first kappa shape index (κ1) is 16.8. The standard InChI is InChI=1S/C17H26ClNO2/c1-3-11-19-16(14-5-7-15(18)8-6-14)17(21-4-2)9-12-20-13-10-17/h5-8,16,19H,3-4,9-13H2,1-2H3. The number of ether oxygens (including phenoxy) is 2. The molecule has 0 amide bonds. The zero-order valence-corrected chi connectivity index (χ0v) is 13.8. The van der Waals surface area contributed by atoms with Crippen molar-refractivity contribution in [3.05, 3.63) is 34.9 Å². The first-order valence-corrected chi connectivity index (χ1v) is 8.30. The van der Waals surface area contributed by atoms with Gasteiger partial charge in [-0.2, -0.15) is 0 Å². The number of hydrogen-bond donors (Lipinski definition) is 1. The third kappa shape index (κ3) is 4.19. The molecule has 1 fully saturated rings. The summed E-state index contributed by atoms with van der Waals surface area (Å²) in [4.78, 5) is 0. The zero-order valence-electron chi connectivity index (χ0n) is 13.0. The van der Waals surface area contributed by atoms with E-state index in [9.17, 15) is 0 Å². The van der Waals surface area contributed by atoms with Gasteiger partial charge >= 0.3 is 0 Å². The minimum atomic E-state index is -0.185. The van der Waals surface area contributed by atoms with Gasteiger partial charge in [0.25, 0.3) is 0 Å². The van der Waals surface area contributed by atoms with E-state index in [2.05, 4.69) is 31.3 Å². The molecule has 0 bridgehead atoms. The summed E-state index contributed by atoms with van der Waals surface area (Å²) in [6, 6.07) is 8.30. The van der Waals surface area contributed by atoms with Crippen molar-refractivity contribution in [3.8, 4) is 0 Å². The number of rotatable bonds is 7. The van der Waals surface area contributed by atoms with E-state index >= 15 is 0 Å². The summed E-state index contributed by atoms with van der Waals surface area (Å²) in [6.07, 6.45) is 2.94. The topological polar surface area (TPSA) is 30.5 Å². The van der Waals surface area contributed by atoms with Gasteiger partial charge in [-0.05, 0) is 37.6 Å². The molecule has 1 saturated heterocycles. The van der Waals surface area contributed by atoms with Crippen molar-refractivity contribution in [2.45, 2.75) is 44.8 Å². The van der Waals surface area contributed by atoms with Crippen LogP contribution in [-0.2, 0) is 9.47 Å². The van der Waals surface area contributed by atoms with Gasteiger partial charge in [0.2, 0.25) is 0 Å². The fourth-order valence-electron chi connectivity index (χ4n) is 3.07. The highest BCUT2D eigenvalue weighted by molar-refractivity contribution is 6.30. The Bertz CT molecular complexity index is 410. The largest absolute Gasteiger partial charge is 0.381 e. The van der Waals surface area contributed by atoms with E-state index in [1.54, 1.807) is 0 Å². The molecule has 1 unspecified atom stereocenters. The number of benzene rings is 1.